The van der Waals surface area contributed by atoms with Crippen molar-refractivity contribution in [2.45, 2.75) is 32.6 Å². The van der Waals surface area contributed by atoms with Crippen LogP contribution in [0.1, 0.15) is 29.9 Å². The maximum absolute atomic E-state index is 12.5. The Morgan fingerprint density at radius 1 is 1.32 bits per heavy atom. The quantitative estimate of drug-likeness (QED) is 0.711. The summed E-state index contributed by atoms with van der Waals surface area (Å²) >= 11 is 1.43. The average Bonchev–Trinajstić information content (AvgIpc) is 3.33. The van der Waals surface area contributed by atoms with E-state index in [1.807, 2.05) is 5.38 Å². The third-order valence-electron chi connectivity index (χ3n) is 4.43. The summed E-state index contributed by atoms with van der Waals surface area (Å²) < 4.78 is 7.55. The molecule has 0 spiro atoms. The number of carbonyl (C=O) groups is 1. The molecule has 4 heterocycles. The van der Waals surface area contributed by atoms with E-state index in [0.29, 0.717) is 16.5 Å². The van der Waals surface area contributed by atoms with E-state index in [1.165, 1.54) is 11.3 Å². The number of rotatable bonds is 5. The number of hydrogen-bond acceptors (Lipinski definition) is 7. The van der Waals surface area contributed by atoms with Gasteiger partial charge in [0.05, 0.1) is 23.5 Å². The topological polar surface area (TPSA) is 85.2 Å². The van der Waals surface area contributed by atoms with Crippen molar-refractivity contribution in [3.05, 3.63) is 53.7 Å². The molecule has 9 heteroatoms. The number of pyridine rings is 1. The van der Waals surface area contributed by atoms with Crippen molar-refractivity contribution in [3.63, 3.8) is 0 Å². The van der Waals surface area contributed by atoms with Crippen molar-refractivity contribution in [1.82, 2.24) is 24.4 Å². The highest BCUT2D eigenvalue weighted by Gasteiger charge is 2.22. The minimum Gasteiger partial charge on any atom is -0.373 e. The Hall–Kier alpha value is -2.62. The number of thiazole rings is 1. The second-order valence-corrected chi connectivity index (χ2v) is 7.78. The Kier molecular flexibility index (Phi) is 5.47. The molecule has 1 aliphatic rings. The molecule has 2 atom stereocenters. The first-order chi connectivity index (χ1) is 13.6. The van der Waals surface area contributed by atoms with Crippen LogP contribution in [0.4, 0.5) is 5.13 Å². The van der Waals surface area contributed by atoms with Crippen molar-refractivity contribution in [1.29, 1.82) is 0 Å². The zero-order valence-corrected chi connectivity index (χ0v) is 16.6. The van der Waals surface area contributed by atoms with Crippen molar-refractivity contribution >= 4 is 22.4 Å². The van der Waals surface area contributed by atoms with E-state index in [2.05, 4.69) is 39.0 Å². The molecule has 0 aliphatic carbocycles. The van der Waals surface area contributed by atoms with Crippen molar-refractivity contribution < 1.29 is 9.53 Å². The summed E-state index contributed by atoms with van der Waals surface area (Å²) in [7, 11) is 0. The summed E-state index contributed by atoms with van der Waals surface area (Å²) in [6.45, 7) is 6.70. The van der Waals surface area contributed by atoms with Crippen LogP contribution >= 0.6 is 11.3 Å². The van der Waals surface area contributed by atoms with Crippen LogP contribution in [0.2, 0.25) is 0 Å². The van der Waals surface area contributed by atoms with Crippen molar-refractivity contribution in [3.8, 4) is 5.82 Å². The number of carbonyl (C=O) groups excluding carboxylic acids is 1. The second-order valence-electron chi connectivity index (χ2n) is 6.92. The molecule has 2 unspecified atom stereocenters. The molecule has 1 saturated heterocycles. The monoisotopic (exact) mass is 398 g/mol. The minimum absolute atomic E-state index is 0.222. The van der Waals surface area contributed by atoms with Gasteiger partial charge in [-0.25, -0.2) is 15.0 Å². The van der Waals surface area contributed by atoms with Crippen molar-refractivity contribution in [2.75, 3.05) is 18.4 Å². The summed E-state index contributed by atoms with van der Waals surface area (Å²) in [5.41, 5.74) is 1.44. The van der Waals surface area contributed by atoms with Crippen LogP contribution in [-0.4, -0.2) is 55.6 Å². The fourth-order valence-corrected chi connectivity index (χ4v) is 4.01. The molecule has 28 heavy (non-hydrogen) atoms. The lowest BCUT2D eigenvalue weighted by atomic mass is 10.2. The summed E-state index contributed by atoms with van der Waals surface area (Å²) in [6, 6.07) is 3.52. The Morgan fingerprint density at radius 3 is 2.82 bits per heavy atom. The molecule has 0 saturated carbocycles. The second kappa shape index (κ2) is 8.17. The zero-order chi connectivity index (χ0) is 19.5. The number of morpholine rings is 1. The van der Waals surface area contributed by atoms with Gasteiger partial charge in [0.1, 0.15) is 12.1 Å². The van der Waals surface area contributed by atoms with E-state index < -0.39 is 0 Å². The molecule has 0 aromatic carbocycles. The van der Waals surface area contributed by atoms with Crippen LogP contribution in [0.15, 0.2) is 42.4 Å². The number of aromatic nitrogens is 4. The molecule has 3 aromatic heterocycles. The molecule has 1 fully saturated rings. The lowest BCUT2D eigenvalue weighted by Crippen LogP contribution is -2.44. The van der Waals surface area contributed by atoms with Crippen LogP contribution in [0.5, 0.6) is 0 Å². The first kappa shape index (κ1) is 18.7. The number of nitrogens with one attached hydrogen (secondary N) is 1. The number of amides is 1. The van der Waals surface area contributed by atoms with E-state index in [9.17, 15) is 4.79 Å². The third kappa shape index (κ3) is 4.44. The lowest BCUT2D eigenvalue weighted by molar-refractivity contribution is -0.0707. The minimum atomic E-state index is -0.223. The molecule has 1 N–H and O–H groups in total. The highest BCUT2D eigenvalue weighted by atomic mass is 32.1. The van der Waals surface area contributed by atoms with Crippen LogP contribution in [-0.2, 0) is 11.3 Å². The largest absolute Gasteiger partial charge is 0.373 e. The Morgan fingerprint density at radius 2 is 2.14 bits per heavy atom. The highest BCUT2D eigenvalue weighted by molar-refractivity contribution is 7.13. The maximum Gasteiger partial charge on any atom is 0.259 e. The van der Waals surface area contributed by atoms with E-state index in [4.69, 9.17) is 4.74 Å². The molecule has 8 nitrogen and oxygen atoms in total. The van der Waals surface area contributed by atoms with Gasteiger partial charge >= 0.3 is 0 Å². The molecule has 0 radical (unpaired) electrons. The summed E-state index contributed by atoms with van der Waals surface area (Å²) in [4.78, 5) is 27.6. The lowest BCUT2D eigenvalue weighted by Gasteiger charge is -2.34. The van der Waals surface area contributed by atoms with E-state index in [0.717, 1.165) is 25.3 Å². The van der Waals surface area contributed by atoms with Gasteiger partial charge in [-0.05, 0) is 26.0 Å². The summed E-state index contributed by atoms with van der Waals surface area (Å²) in [5.74, 6) is 0.485. The highest BCUT2D eigenvalue weighted by Crippen LogP contribution is 2.20. The van der Waals surface area contributed by atoms with Crippen LogP contribution in [0, 0.1) is 0 Å². The first-order valence-corrected chi connectivity index (χ1v) is 10.0. The fraction of sp³-hybridized carbons (Fsp3) is 0.368. The molecule has 1 aliphatic heterocycles. The molecule has 4 rings (SSSR count). The van der Waals surface area contributed by atoms with Gasteiger partial charge in [-0.15, -0.1) is 11.3 Å². The van der Waals surface area contributed by atoms with Gasteiger partial charge in [-0.3, -0.25) is 19.6 Å². The standard InChI is InChI=1S/C19H22N6O2S/c1-13-8-24(9-14(2)27-13)10-16-11-28-19(22-16)23-18(26)15-3-4-17(21-7-15)25-6-5-20-12-25/h3-7,11-14H,8-10H2,1-2H3,(H,22,23,26). The van der Waals surface area contributed by atoms with E-state index in [1.54, 1.807) is 41.6 Å². The summed E-state index contributed by atoms with van der Waals surface area (Å²) in [5, 5.41) is 5.43. The van der Waals surface area contributed by atoms with E-state index >= 15 is 0 Å². The third-order valence-corrected chi connectivity index (χ3v) is 5.24. The van der Waals surface area contributed by atoms with Crippen molar-refractivity contribution in [2.24, 2.45) is 0 Å². The number of ether oxygens (including phenoxy) is 1. The smallest absolute Gasteiger partial charge is 0.259 e. The van der Waals surface area contributed by atoms with Gasteiger partial charge in [0.2, 0.25) is 0 Å². The van der Waals surface area contributed by atoms with Crippen LogP contribution in [0.25, 0.3) is 5.82 Å². The van der Waals surface area contributed by atoms with Gasteiger partial charge in [0, 0.05) is 43.6 Å². The molecule has 146 valence electrons. The summed E-state index contributed by atoms with van der Waals surface area (Å²) in [6.07, 6.45) is 7.14. The van der Waals surface area contributed by atoms with Gasteiger partial charge in [-0.2, -0.15) is 0 Å². The number of imidazole rings is 1. The predicted molar refractivity (Wildman–Crippen MR) is 107 cm³/mol. The molecule has 3 aromatic rings. The molecule has 0 bridgehead atoms. The first-order valence-electron chi connectivity index (χ1n) is 9.15. The van der Waals surface area contributed by atoms with E-state index in [-0.39, 0.29) is 18.1 Å². The zero-order valence-electron chi connectivity index (χ0n) is 15.8. The Labute approximate surface area is 167 Å². The average molecular weight is 398 g/mol. The number of nitrogens with zero attached hydrogens (tertiary/aromatic N) is 5. The fourth-order valence-electron chi connectivity index (χ4n) is 3.32. The molecular formula is C19H22N6O2S. The number of anilines is 1. The van der Waals surface area contributed by atoms with Gasteiger partial charge in [0.15, 0.2) is 5.13 Å². The van der Waals surface area contributed by atoms with Crippen LogP contribution < -0.4 is 5.32 Å². The normalized spacial score (nSPS) is 20.2. The van der Waals surface area contributed by atoms with Gasteiger partial charge in [0.25, 0.3) is 5.91 Å². The Balaban J connectivity index is 1.36. The molecule has 1 amide bonds. The van der Waals surface area contributed by atoms with Crippen LogP contribution in [0.3, 0.4) is 0 Å². The number of hydrogen-bond donors (Lipinski definition) is 1. The van der Waals surface area contributed by atoms with Gasteiger partial charge < -0.3 is 4.74 Å². The molecular weight excluding hydrogens is 376 g/mol. The maximum atomic E-state index is 12.5. The van der Waals surface area contributed by atoms with Gasteiger partial charge in [-0.1, -0.05) is 0 Å². The predicted octanol–water partition coefficient (Wildman–Crippen LogP) is 2.59. The Bertz CT molecular complexity index is 914. The SMILES string of the molecule is CC1CN(Cc2csc(NC(=O)c3ccc(-n4ccnc4)nc3)n2)CC(C)O1.